The van der Waals surface area contributed by atoms with Gasteiger partial charge in [0.1, 0.15) is 18.1 Å². The zero-order valence-corrected chi connectivity index (χ0v) is 18.8. The van der Waals surface area contributed by atoms with Gasteiger partial charge in [0.05, 0.1) is 6.04 Å². The quantitative estimate of drug-likeness (QED) is 0.582. The molecule has 0 saturated carbocycles. The Bertz CT molecular complexity index is 781. The normalized spacial score (nSPS) is 31.3. The lowest BCUT2D eigenvalue weighted by atomic mass is 9.86. The lowest BCUT2D eigenvalue weighted by molar-refractivity contribution is -0.00339. The van der Waals surface area contributed by atoms with E-state index in [2.05, 4.69) is 27.7 Å². The number of aliphatic hydroxyl groups excluding tert-OH is 2. The monoisotopic (exact) mass is 432 g/mol. The van der Waals surface area contributed by atoms with Gasteiger partial charge in [-0.25, -0.2) is 4.79 Å². The van der Waals surface area contributed by atoms with Gasteiger partial charge in [0.15, 0.2) is 0 Å². The summed E-state index contributed by atoms with van der Waals surface area (Å²) in [5.41, 5.74) is 1.81. The Morgan fingerprint density at radius 3 is 2.52 bits per heavy atom. The van der Waals surface area contributed by atoms with Crippen LogP contribution >= 0.6 is 0 Å². The molecular formula is C23H36N4O4. The fourth-order valence-electron chi connectivity index (χ4n) is 4.93. The van der Waals surface area contributed by atoms with Crippen LogP contribution in [0.3, 0.4) is 0 Å². The molecule has 8 heteroatoms. The average Bonchev–Trinajstić information content (AvgIpc) is 3.31. The summed E-state index contributed by atoms with van der Waals surface area (Å²) in [6.45, 7) is 9.17. The van der Waals surface area contributed by atoms with Crippen LogP contribution in [-0.4, -0.2) is 71.5 Å². The zero-order chi connectivity index (χ0) is 22.2. The fourth-order valence-corrected chi connectivity index (χ4v) is 4.93. The van der Waals surface area contributed by atoms with Gasteiger partial charge in [-0.3, -0.25) is 5.32 Å². The predicted molar refractivity (Wildman–Crippen MR) is 120 cm³/mol. The minimum Gasteiger partial charge on any atom is -0.444 e. The van der Waals surface area contributed by atoms with Crippen molar-refractivity contribution >= 4 is 17.5 Å². The molecule has 3 saturated heterocycles. The van der Waals surface area contributed by atoms with Crippen LogP contribution in [-0.2, 0) is 4.74 Å². The van der Waals surface area contributed by atoms with E-state index in [9.17, 15) is 15.0 Å². The maximum Gasteiger partial charge on any atom is 0.410 e. The predicted octanol–water partition coefficient (Wildman–Crippen LogP) is 2.32. The molecule has 0 aliphatic carbocycles. The third-order valence-electron chi connectivity index (χ3n) is 6.61. The Morgan fingerprint density at radius 2 is 1.84 bits per heavy atom. The van der Waals surface area contributed by atoms with Gasteiger partial charge in [-0.15, -0.1) is 0 Å². The Labute approximate surface area is 184 Å². The van der Waals surface area contributed by atoms with Crippen molar-refractivity contribution in [3.05, 3.63) is 24.3 Å². The van der Waals surface area contributed by atoms with E-state index in [1.54, 1.807) is 0 Å². The largest absolute Gasteiger partial charge is 0.444 e. The van der Waals surface area contributed by atoms with Crippen LogP contribution < -0.4 is 15.5 Å². The first-order valence-corrected chi connectivity index (χ1v) is 11.3. The van der Waals surface area contributed by atoms with Crippen LogP contribution in [0.5, 0.6) is 0 Å². The third-order valence-corrected chi connectivity index (χ3v) is 6.61. The lowest BCUT2D eigenvalue weighted by Gasteiger charge is -2.33. The molecule has 1 amide bonds. The SMILES string of the molecule is CC(C)(C)OC(=O)N1CCC2(CCN(c3ccc(NC4CCC(O)NC4O)cc3)C2)C1. The number of benzene rings is 1. The molecule has 0 aromatic heterocycles. The summed E-state index contributed by atoms with van der Waals surface area (Å²) in [5, 5.41) is 25.8. The van der Waals surface area contributed by atoms with Crippen LogP contribution in [0, 0.1) is 5.41 Å². The number of piperidine rings is 1. The first-order chi connectivity index (χ1) is 14.6. The molecule has 3 fully saturated rings. The molecule has 3 aliphatic heterocycles. The van der Waals surface area contributed by atoms with E-state index < -0.39 is 18.1 Å². The second kappa shape index (κ2) is 8.48. The van der Waals surface area contributed by atoms with Gasteiger partial charge in [0, 0.05) is 43.0 Å². The summed E-state index contributed by atoms with van der Waals surface area (Å²) in [6, 6.07) is 8.18. The minimum absolute atomic E-state index is 0.123. The summed E-state index contributed by atoms with van der Waals surface area (Å²) in [6.07, 6.45) is 1.81. The zero-order valence-electron chi connectivity index (χ0n) is 18.8. The molecule has 1 aromatic carbocycles. The first kappa shape index (κ1) is 22.2. The van der Waals surface area contributed by atoms with Crippen molar-refractivity contribution in [2.75, 3.05) is 36.4 Å². The van der Waals surface area contributed by atoms with Crippen LogP contribution in [0.25, 0.3) is 0 Å². The van der Waals surface area contributed by atoms with E-state index in [4.69, 9.17) is 4.74 Å². The number of nitrogens with zero attached hydrogens (tertiary/aromatic N) is 2. The van der Waals surface area contributed by atoms with E-state index in [0.29, 0.717) is 12.8 Å². The number of carbonyl (C=O) groups excluding carboxylic acids is 1. The van der Waals surface area contributed by atoms with Gasteiger partial charge in [-0.2, -0.15) is 0 Å². The van der Waals surface area contributed by atoms with E-state index >= 15 is 0 Å². The summed E-state index contributed by atoms with van der Waals surface area (Å²) in [7, 11) is 0. The Balaban J connectivity index is 1.32. The number of anilines is 2. The number of rotatable bonds is 3. The maximum absolute atomic E-state index is 12.4. The van der Waals surface area contributed by atoms with Crippen molar-refractivity contribution in [3.8, 4) is 0 Å². The van der Waals surface area contributed by atoms with Crippen molar-refractivity contribution in [2.24, 2.45) is 5.41 Å². The number of ether oxygens (including phenoxy) is 1. The van der Waals surface area contributed by atoms with Crippen molar-refractivity contribution in [3.63, 3.8) is 0 Å². The molecule has 3 heterocycles. The number of nitrogens with one attached hydrogen (secondary N) is 2. The van der Waals surface area contributed by atoms with Crippen LogP contribution in [0.2, 0.25) is 0 Å². The number of aliphatic hydroxyl groups is 2. The number of hydrogen-bond donors (Lipinski definition) is 4. The van der Waals surface area contributed by atoms with Gasteiger partial charge < -0.3 is 30.1 Å². The highest BCUT2D eigenvalue weighted by molar-refractivity contribution is 5.68. The van der Waals surface area contributed by atoms with E-state index in [0.717, 1.165) is 44.7 Å². The topological polar surface area (TPSA) is 97.3 Å². The second-order valence-electron chi connectivity index (χ2n) is 10.3. The number of hydrogen-bond acceptors (Lipinski definition) is 7. The third kappa shape index (κ3) is 5.25. The van der Waals surface area contributed by atoms with Crippen LogP contribution in [0.1, 0.15) is 46.5 Å². The molecule has 172 valence electrons. The number of carbonyl (C=O) groups is 1. The molecule has 4 rings (SSSR count). The Morgan fingerprint density at radius 1 is 1.13 bits per heavy atom. The molecular weight excluding hydrogens is 396 g/mol. The summed E-state index contributed by atoms with van der Waals surface area (Å²) in [4.78, 5) is 16.7. The molecule has 3 aliphatic rings. The van der Waals surface area contributed by atoms with Gasteiger partial charge in [0.2, 0.25) is 0 Å². The standard InChI is InChI=1S/C23H36N4O4/c1-22(2,3)31-21(30)27-13-11-23(15-27)10-12-26(14-23)17-6-4-16(5-7-17)24-18-8-9-19(28)25-20(18)29/h4-7,18-20,24-25,28-29H,8-15H2,1-3H3. The molecule has 1 aromatic rings. The van der Waals surface area contributed by atoms with E-state index in [-0.39, 0.29) is 17.6 Å². The molecule has 4 unspecified atom stereocenters. The lowest BCUT2D eigenvalue weighted by Crippen LogP contribution is -2.53. The highest BCUT2D eigenvalue weighted by atomic mass is 16.6. The maximum atomic E-state index is 12.4. The summed E-state index contributed by atoms with van der Waals surface area (Å²) < 4.78 is 5.56. The second-order valence-corrected chi connectivity index (χ2v) is 10.3. The van der Waals surface area contributed by atoms with Crippen molar-refractivity contribution in [2.45, 2.75) is 70.6 Å². The molecule has 1 spiro atoms. The molecule has 0 radical (unpaired) electrons. The van der Waals surface area contributed by atoms with Crippen LogP contribution in [0.15, 0.2) is 24.3 Å². The fraction of sp³-hybridized carbons (Fsp3) is 0.696. The molecule has 8 nitrogen and oxygen atoms in total. The summed E-state index contributed by atoms with van der Waals surface area (Å²) in [5.74, 6) is 0. The van der Waals surface area contributed by atoms with Gasteiger partial charge >= 0.3 is 6.09 Å². The van der Waals surface area contributed by atoms with Gasteiger partial charge in [-0.05, 0) is 70.7 Å². The van der Waals surface area contributed by atoms with Gasteiger partial charge in [0.25, 0.3) is 0 Å². The van der Waals surface area contributed by atoms with Crippen LogP contribution in [0.4, 0.5) is 16.2 Å². The summed E-state index contributed by atoms with van der Waals surface area (Å²) >= 11 is 0. The van der Waals surface area contributed by atoms with Crippen molar-refractivity contribution in [1.29, 1.82) is 0 Å². The molecule has 4 atom stereocenters. The van der Waals surface area contributed by atoms with E-state index in [1.807, 2.05) is 37.8 Å². The average molecular weight is 433 g/mol. The smallest absolute Gasteiger partial charge is 0.410 e. The number of likely N-dealkylation sites (tertiary alicyclic amines) is 1. The van der Waals surface area contributed by atoms with Gasteiger partial charge in [-0.1, -0.05) is 0 Å². The molecule has 0 bridgehead atoms. The molecule has 4 N–H and O–H groups in total. The first-order valence-electron chi connectivity index (χ1n) is 11.3. The highest BCUT2D eigenvalue weighted by Crippen LogP contribution is 2.41. The van der Waals surface area contributed by atoms with E-state index in [1.165, 1.54) is 5.69 Å². The Hall–Kier alpha value is -2.03. The highest BCUT2D eigenvalue weighted by Gasteiger charge is 2.45. The Kier molecular flexibility index (Phi) is 6.07. The minimum atomic E-state index is -0.767. The van der Waals surface area contributed by atoms with Crippen molar-refractivity contribution < 1.29 is 19.7 Å². The molecule has 31 heavy (non-hydrogen) atoms. The van der Waals surface area contributed by atoms with Crippen molar-refractivity contribution in [1.82, 2.24) is 10.2 Å². The number of amides is 1.